The largest absolute Gasteiger partial charge is 0.394 e. The molecule has 0 aliphatic rings. The average molecular weight is 181 g/mol. The van der Waals surface area contributed by atoms with Crippen LogP contribution in [0, 0.1) is 0 Å². The second-order valence-electron chi connectivity index (χ2n) is 2.31. The Morgan fingerprint density at radius 1 is 1.25 bits per heavy atom. The van der Waals surface area contributed by atoms with Gasteiger partial charge in [0.2, 0.25) is 0 Å². The molecule has 0 bridgehead atoms. The lowest BCUT2D eigenvalue weighted by Gasteiger charge is -2.21. The lowest BCUT2D eigenvalue weighted by atomic mass is 10.1. The first-order valence-electron chi connectivity index (χ1n) is 3.29. The van der Waals surface area contributed by atoms with E-state index in [1.54, 1.807) is 0 Å². The van der Waals surface area contributed by atoms with Crippen molar-refractivity contribution in [2.24, 2.45) is 0 Å². The van der Waals surface area contributed by atoms with E-state index in [-0.39, 0.29) is 6.29 Å². The van der Waals surface area contributed by atoms with Crippen molar-refractivity contribution < 1.29 is 29.6 Å². The molecule has 0 spiro atoms. The molecular weight excluding hydrogens is 170 g/mol. The number of halogens is 1. The molecule has 0 aromatic heterocycles. The first kappa shape index (κ1) is 11.4. The molecule has 0 aliphatic carbocycles. The quantitative estimate of drug-likeness (QED) is 0.354. The number of alkyl halides is 1. The molecular formula is C6H11FO5. The molecule has 4 N–H and O–H groups in total. The van der Waals surface area contributed by atoms with Crippen LogP contribution in [0.3, 0.4) is 0 Å². The molecule has 0 aromatic carbocycles. The number of rotatable bonds is 5. The molecule has 72 valence electrons. The highest BCUT2D eigenvalue weighted by molar-refractivity contribution is 5.56. The Balaban J connectivity index is 4.07. The van der Waals surface area contributed by atoms with E-state index in [1.807, 2.05) is 0 Å². The molecule has 0 amide bonds. The van der Waals surface area contributed by atoms with E-state index in [0.717, 1.165) is 0 Å². The number of carbonyl (C=O) groups excluding carboxylic acids is 1. The molecule has 4 unspecified atom stereocenters. The first-order valence-corrected chi connectivity index (χ1v) is 3.29. The van der Waals surface area contributed by atoms with E-state index in [1.165, 1.54) is 0 Å². The van der Waals surface area contributed by atoms with Crippen molar-refractivity contribution in [3.8, 4) is 0 Å². The van der Waals surface area contributed by atoms with Gasteiger partial charge in [-0.25, -0.2) is 4.39 Å². The van der Waals surface area contributed by atoms with Crippen molar-refractivity contribution >= 4 is 6.29 Å². The van der Waals surface area contributed by atoms with E-state index in [4.69, 9.17) is 20.4 Å². The van der Waals surface area contributed by atoms with Gasteiger partial charge in [0.05, 0.1) is 6.61 Å². The van der Waals surface area contributed by atoms with E-state index in [0.29, 0.717) is 0 Å². The summed E-state index contributed by atoms with van der Waals surface area (Å²) in [4.78, 5) is 9.77. The Labute approximate surface area is 68.1 Å². The molecule has 6 heteroatoms. The molecule has 5 nitrogen and oxygen atoms in total. The van der Waals surface area contributed by atoms with Crippen LogP contribution in [0.25, 0.3) is 0 Å². The zero-order valence-corrected chi connectivity index (χ0v) is 6.17. The van der Waals surface area contributed by atoms with Crippen LogP contribution < -0.4 is 0 Å². The van der Waals surface area contributed by atoms with Crippen LogP contribution in [0.15, 0.2) is 0 Å². The molecule has 0 aromatic rings. The number of carbonyl (C=O) groups is 1. The number of hydrogen-bond donors (Lipinski definition) is 4. The van der Waals surface area contributed by atoms with Crippen molar-refractivity contribution in [1.29, 1.82) is 0 Å². The van der Waals surface area contributed by atoms with Gasteiger partial charge in [0, 0.05) is 0 Å². The number of aliphatic hydroxyl groups is 4. The van der Waals surface area contributed by atoms with Gasteiger partial charge in [-0.2, -0.15) is 0 Å². The fraction of sp³-hybridized carbons (Fsp3) is 0.833. The molecule has 0 saturated carbocycles. The zero-order chi connectivity index (χ0) is 9.72. The van der Waals surface area contributed by atoms with Gasteiger partial charge >= 0.3 is 0 Å². The van der Waals surface area contributed by atoms with E-state index >= 15 is 0 Å². The molecule has 0 fully saturated rings. The van der Waals surface area contributed by atoms with Gasteiger partial charge in [-0.15, -0.1) is 0 Å². The molecule has 4 atom stereocenters. The second kappa shape index (κ2) is 5.15. The second-order valence-corrected chi connectivity index (χ2v) is 2.31. The Morgan fingerprint density at radius 2 is 1.75 bits per heavy atom. The topological polar surface area (TPSA) is 98.0 Å². The highest BCUT2D eigenvalue weighted by Gasteiger charge is 2.30. The van der Waals surface area contributed by atoms with E-state index in [2.05, 4.69) is 0 Å². The minimum Gasteiger partial charge on any atom is -0.394 e. The maximum absolute atomic E-state index is 12.3. The Morgan fingerprint density at radius 3 is 2.08 bits per heavy atom. The molecule has 12 heavy (non-hydrogen) atoms. The van der Waals surface area contributed by atoms with Crippen molar-refractivity contribution in [3.05, 3.63) is 0 Å². The Hall–Kier alpha value is -0.560. The lowest BCUT2D eigenvalue weighted by Crippen LogP contribution is -2.44. The predicted octanol–water partition coefficient (Wildman–Crippen LogP) is -2.40. The van der Waals surface area contributed by atoms with Crippen molar-refractivity contribution in [3.63, 3.8) is 0 Å². The minimum atomic E-state index is -2.26. The van der Waals surface area contributed by atoms with Gasteiger partial charge in [-0.1, -0.05) is 0 Å². The first-order chi connectivity index (χ1) is 5.54. The zero-order valence-electron chi connectivity index (χ0n) is 6.17. The predicted molar refractivity (Wildman–Crippen MR) is 36.1 cm³/mol. The summed E-state index contributed by atoms with van der Waals surface area (Å²) < 4.78 is 12.3. The molecule has 0 aliphatic heterocycles. The number of hydrogen-bond acceptors (Lipinski definition) is 5. The van der Waals surface area contributed by atoms with Gasteiger partial charge in [0.15, 0.2) is 12.5 Å². The molecule has 0 radical (unpaired) electrons. The molecule has 0 saturated heterocycles. The Bertz CT molecular complexity index is 142. The van der Waals surface area contributed by atoms with Crippen LogP contribution in [-0.2, 0) is 4.79 Å². The summed E-state index contributed by atoms with van der Waals surface area (Å²) in [6.07, 6.45) is -7.99. The summed E-state index contributed by atoms with van der Waals surface area (Å²) in [5.41, 5.74) is 0. The van der Waals surface area contributed by atoms with Crippen molar-refractivity contribution in [2.75, 3.05) is 6.61 Å². The number of aliphatic hydroxyl groups excluding tert-OH is 4. The fourth-order valence-electron chi connectivity index (χ4n) is 0.604. The van der Waals surface area contributed by atoms with Gasteiger partial charge in [-0.3, -0.25) is 0 Å². The van der Waals surface area contributed by atoms with Gasteiger partial charge < -0.3 is 25.2 Å². The number of aldehydes is 1. The van der Waals surface area contributed by atoms with Crippen molar-refractivity contribution in [1.82, 2.24) is 0 Å². The summed E-state index contributed by atoms with van der Waals surface area (Å²) in [5, 5.41) is 34.6. The van der Waals surface area contributed by atoms with Crippen LogP contribution in [-0.4, -0.2) is 57.8 Å². The van der Waals surface area contributed by atoms with Crippen LogP contribution in [0.5, 0.6) is 0 Å². The summed E-state index contributed by atoms with van der Waals surface area (Å²) in [6, 6.07) is 0. The Kier molecular flexibility index (Phi) is 4.91. The van der Waals surface area contributed by atoms with Crippen LogP contribution in [0.2, 0.25) is 0 Å². The summed E-state index contributed by atoms with van der Waals surface area (Å²) in [6.45, 7) is -0.816. The summed E-state index contributed by atoms with van der Waals surface area (Å²) >= 11 is 0. The van der Waals surface area contributed by atoms with E-state index < -0.39 is 31.1 Å². The van der Waals surface area contributed by atoms with Gasteiger partial charge in [-0.05, 0) is 0 Å². The SMILES string of the molecule is O=CC([18F])C(O)C(O)C(O)CO. The third kappa shape index (κ3) is 2.82. The lowest BCUT2D eigenvalue weighted by molar-refractivity contribution is -0.127. The van der Waals surface area contributed by atoms with Crippen LogP contribution >= 0.6 is 0 Å². The highest BCUT2D eigenvalue weighted by Crippen LogP contribution is 2.05. The normalized spacial score (nSPS) is 21.1. The average Bonchev–Trinajstić information content (AvgIpc) is 2.12. The molecule has 0 heterocycles. The van der Waals surface area contributed by atoms with Crippen molar-refractivity contribution in [2.45, 2.75) is 24.5 Å². The minimum absolute atomic E-state index is 0.196. The standard InChI is InChI=1S/C6H11FO5/c7-3(1-8)5(11)6(12)4(10)2-9/h1,3-6,9-12H,2H2/i7-1. The van der Waals surface area contributed by atoms with Gasteiger partial charge in [0.25, 0.3) is 0 Å². The van der Waals surface area contributed by atoms with Crippen LogP contribution in [0.4, 0.5) is 4.39 Å². The van der Waals surface area contributed by atoms with Crippen LogP contribution in [0.1, 0.15) is 0 Å². The molecule has 0 rings (SSSR count). The highest BCUT2D eigenvalue weighted by atomic mass is 18.2. The third-order valence-electron chi connectivity index (χ3n) is 1.39. The smallest absolute Gasteiger partial charge is 0.183 e. The third-order valence-corrected chi connectivity index (χ3v) is 1.39. The monoisotopic (exact) mass is 181 g/mol. The van der Waals surface area contributed by atoms with Gasteiger partial charge in [0.1, 0.15) is 18.3 Å². The summed E-state index contributed by atoms with van der Waals surface area (Å²) in [5.74, 6) is 0. The fourth-order valence-corrected chi connectivity index (χ4v) is 0.604. The summed E-state index contributed by atoms with van der Waals surface area (Å²) in [7, 11) is 0. The maximum atomic E-state index is 12.3. The maximum Gasteiger partial charge on any atom is 0.183 e. The van der Waals surface area contributed by atoms with E-state index in [9.17, 15) is 9.18 Å².